The number of carbonyl (C=O) groups is 2. The molecule has 0 unspecified atom stereocenters. The van der Waals surface area contributed by atoms with Crippen LogP contribution >= 0.6 is 11.6 Å². The van der Waals surface area contributed by atoms with E-state index in [0.29, 0.717) is 10.7 Å². The number of hydrogen-bond acceptors (Lipinski definition) is 2. The molecule has 0 fully saturated rings. The van der Waals surface area contributed by atoms with Crippen molar-refractivity contribution >= 4 is 34.8 Å². The fourth-order valence-corrected chi connectivity index (χ4v) is 2.80. The average Bonchev–Trinajstić information content (AvgIpc) is 2.46. The average molecular weight is 345 g/mol. The van der Waals surface area contributed by atoms with Crippen LogP contribution in [0.25, 0.3) is 0 Å². The summed E-state index contributed by atoms with van der Waals surface area (Å²) in [5.74, 6) is -0.467. The second-order valence-corrected chi connectivity index (χ2v) is 6.40. The molecule has 0 aliphatic heterocycles. The van der Waals surface area contributed by atoms with Gasteiger partial charge in [0, 0.05) is 23.3 Å². The van der Waals surface area contributed by atoms with Gasteiger partial charge in [-0.05, 0) is 61.7 Å². The Hall–Kier alpha value is -2.33. The summed E-state index contributed by atoms with van der Waals surface area (Å²) in [5.41, 5.74) is 4.39. The van der Waals surface area contributed by atoms with Crippen molar-refractivity contribution in [1.82, 2.24) is 0 Å². The number of amides is 2. The number of hydrogen-bond donors (Lipinski definition) is 1. The molecule has 5 heteroatoms. The first-order valence-electron chi connectivity index (χ1n) is 7.68. The van der Waals surface area contributed by atoms with E-state index in [1.54, 1.807) is 12.1 Å². The first-order chi connectivity index (χ1) is 11.3. The second kappa shape index (κ2) is 7.49. The van der Waals surface area contributed by atoms with Crippen molar-refractivity contribution in [3.8, 4) is 0 Å². The van der Waals surface area contributed by atoms with Gasteiger partial charge in [0.2, 0.25) is 11.8 Å². The highest BCUT2D eigenvalue weighted by atomic mass is 35.5. The van der Waals surface area contributed by atoms with Gasteiger partial charge in [-0.2, -0.15) is 0 Å². The highest BCUT2D eigenvalue weighted by Crippen LogP contribution is 2.24. The molecule has 2 aromatic carbocycles. The Labute approximate surface area is 147 Å². The van der Waals surface area contributed by atoms with Crippen LogP contribution in [-0.2, 0) is 9.59 Å². The van der Waals surface area contributed by atoms with Gasteiger partial charge in [-0.3, -0.25) is 9.59 Å². The van der Waals surface area contributed by atoms with Gasteiger partial charge in [-0.25, -0.2) is 0 Å². The molecule has 0 saturated heterocycles. The summed E-state index contributed by atoms with van der Waals surface area (Å²) >= 11 is 6.03. The molecule has 0 saturated carbocycles. The smallest absolute Gasteiger partial charge is 0.244 e. The molecule has 1 N–H and O–H groups in total. The lowest BCUT2D eigenvalue weighted by Crippen LogP contribution is -2.37. The summed E-state index contributed by atoms with van der Waals surface area (Å²) in [5, 5.41) is 3.37. The summed E-state index contributed by atoms with van der Waals surface area (Å²) in [6.07, 6.45) is 0. The van der Waals surface area contributed by atoms with E-state index in [9.17, 15) is 9.59 Å². The zero-order valence-corrected chi connectivity index (χ0v) is 15.1. The van der Waals surface area contributed by atoms with Crippen molar-refractivity contribution in [3.63, 3.8) is 0 Å². The molecule has 2 aromatic rings. The Morgan fingerprint density at radius 3 is 2.25 bits per heavy atom. The molecular weight excluding hydrogens is 324 g/mol. The number of benzene rings is 2. The first kappa shape index (κ1) is 18.0. The summed E-state index contributed by atoms with van der Waals surface area (Å²) in [6, 6.07) is 11.1. The lowest BCUT2D eigenvalue weighted by Gasteiger charge is -2.23. The summed E-state index contributed by atoms with van der Waals surface area (Å²) < 4.78 is 0. The standard InChI is InChI=1S/C19H21ClN2O2/c1-12-7-13(2)9-17(8-12)21-19(24)11-22(15(4)23)18-10-16(20)6-5-14(18)3/h5-10H,11H2,1-4H3,(H,21,24). The number of nitrogens with one attached hydrogen (secondary N) is 1. The van der Waals surface area contributed by atoms with E-state index in [0.717, 1.165) is 22.4 Å². The van der Waals surface area contributed by atoms with Gasteiger partial charge in [-0.15, -0.1) is 0 Å². The summed E-state index contributed by atoms with van der Waals surface area (Å²) in [6.45, 7) is 7.19. The van der Waals surface area contributed by atoms with Gasteiger partial charge in [0.15, 0.2) is 0 Å². The van der Waals surface area contributed by atoms with Gasteiger partial charge >= 0.3 is 0 Å². The van der Waals surface area contributed by atoms with E-state index < -0.39 is 0 Å². The van der Waals surface area contributed by atoms with Crippen LogP contribution in [0.15, 0.2) is 36.4 Å². The Balaban J connectivity index is 2.20. The molecule has 24 heavy (non-hydrogen) atoms. The summed E-state index contributed by atoms with van der Waals surface area (Å²) in [7, 11) is 0. The van der Waals surface area contributed by atoms with Crippen LogP contribution in [0, 0.1) is 20.8 Å². The minimum absolute atomic E-state index is 0.0660. The lowest BCUT2D eigenvalue weighted by molar-refractivity contribution is -0.120. The Kier molecular flexibility index (Phi) is 5.62. The SMILES string of the molecule is CC(=O)N(CC(=O)Nc1cc(C)cc(C)c1)c1cc(Cl)ccc1C. The molecule has 0 heterocycles. The van der Waals surface area contributed by atoms with Crippen LogP contribution in [0.2, 0.25) is 5.02 Å². The van der Waals surface area contributed by atoms with Crippen LogP contribution in [0.4, 0.5) is 11.4 Å². The Morgan fingerprint density at radius 2 is 1.67 bits per heavy atom. The van der Waals surface area contributed by atoms with E-state index in [4.69, 9.17) is 11.6 Å². The molecule has 126 valence electrons. The fourth-order valence-electron chi connectivity index (χ4n) is 2.63. The summed E-state index contributed by atoms with van der Waals surface area (Å²) in [4.78, 5) is 25.8. The predicted octanol–water partition coefficient (Wildman–Crippen LogP) is 4.26. The molecule has 0 aromatic heterocycles. The fraction of sp³-hybridized carbons (Fsp3) is 0.263. The Morgan fingerprint density at radius 1 is 1.04 bits per heavy atom. The highest BCUT2D eigenvalue weighted by Gasteiger charge is 2.18. The zero-order chi connectivity index (χ0) is 17.9. The molecular formula is C19H21ClN2O2. The predicted molar refractivity (Wildman–Crippen MR) is 98.8 cm³/mol. The van der Waals surface area contributed by atoms with Crippen LogP contribution in [-0.4, -0.2) is 18.4 Å². The second-order valence-electron chi connectivity index (χ2n) is 5.96. The van der Waals surface area contributed by atoms with Crippen LogP contribution in [0.1, 0.15) is 23.6 Å². The molecule has 0 bridgehead atoms. The molecule has 0 aliphatic carbocycles. The largest absolute Gasteiger partial charge is 0.325 e. The molecule has 0 radical (unpaired) electrons. The van der Waals surface area contributed by atoms with Gasteiger partial charge in [-0.1, -0.05) is 23.7 Å². The quantitative estimate of drug-likeness (QED) is 0.901. The van der Waals surface area contributed by atoms with Gasteiger partial charge in [0.05, 0.1) is 0 Å². The van der Waals surface area contributed by atoms with Crippen molar-refractivity contribution in [1.29, 1.82) is 0 Å². The Bertz CT molecular complexity index is 767. The number of halogens is 1. The monoisotopic (exact) mass is 344 g/mol. The number of nitrogens with zero attached hydrogens (tertiary/aromatic N) is 1. The number of aryl methyl sites for hydroxylation is 3. The maximum atomic E-state index is 12.4. The van der Waals surface area contributed by atoms with Gasteiger partial charge < -0.3 is 10.2 Å². The van der Waals surface area contributed by atoms with Gasteiger partial charge in [0.25, 0.3) is 0 Å². The minimum atomic E-state index is -0.255. The van der Waals surface area contributed by atoms with Gasteiger partial charge in [0.1, 0.15) is 6.54 Å². The molecule has 4 nitrogen and oxygen atoms in total. The highest BCUT2D eigenvalue weighted by molar-refractivity contribution is 6.31. The number of anilines is 2. The van der Waals surface area contributed by atoms with Crippen LogP contribution < -0.4 is 10.2 Å². The molecule has 0 spiro atoms. The van der Waals surface area contributed by atoms with E-state index >= 15 is 0 Å². The van der Waals surface area contributed by atoms with Crippen molar-refractivity contribution in [3.05, 3.63) is 58.1 Å². The lowest BCUT2D eigenvalue weighted by atomic mass is 10.1. The third-order valence-electron chi connectivity index (χ3n) is 3.65. The zero-order valence-electron chi connectivity index (χ0n) is 14.3. The van der Waals surface area contributed by atoms with Crippen molar-refractivity contribution in [2.45, 2.75) is 27.7 Å². The molecule has 2 rings (SSSR count). The van der Waals surface area contributed by atoms with Crippen LogP contribution in [0.5, 0.6) is 0 Å². The third-order valence-corrected chi connectivity index (χ3v) is 3.88. The minimum Gasteiger partial charge on any atom is -0.325 e. The maximum absolute atomic E-state index is 12.4. The van der Waals surface area contributed by atoms with E-state index in [2.05, 4.69) is 5.32 Å². The third kappa shape index (κ3) is 4.59. The van der Waals surface area contributed by atoms with Crippen molar-refractivity contribution < 1.29 is 9.59 Å². The van der Waals surface area contributed by atoms with E-state index in [1.165, 1.54) is 11.8 Å². The topological polar surface area (TPSA) is 49.4 Å². The molecule has 0 atom stereocenters. The van der Waals surface area contributed by atoms with Crippen molar-refractivity contribution in [2.24, 2.45) is 0 Å². The van der Waals surface area contributed by atoms with E-state index in [1.807, 2.05) is 45.0 Å². The molecule has 2 amide bonds. The maximum Gasteiger partial charge on any atom is 0.244 e. The number of carbonyl (C=O) groups excluding carboxylic acids is 2. The normalized spacial score (nSPS) is 10.4. The van der Waals surface area contributed by atoms with Crippen molar-refractivity contribution in [2.75, 3.05) is 16.8 Å². The van der Waals surface area contributed by atoms with E-state index in [-0.39, 0.29) is 18.4 Å². The van der Waals surface area contributed by atoms with Crippen LogP contribution in [0.3, 0.4) is 0 Å². The first-order valence-corrected chi connectivity index (χ1v) is 8.06. The molecule has 0 aliphatic rings. The number of rotatable bonds is 4.